The maximum absolute atomic E-state index is 9.67. The summed E-state index contributed by atoms with van der Waals surface area (Å²) >= 11 is 0. The van der Waals surface area contributed by atoms with Gasteiger partial charge in [0.1, 0.15) is 0 Å². The topological polar surface area (TPSA) is 60.7 Å². The number of hydrogen-bond donors (Lipinski definition) is 3. The van der Waals surface area contributed by atoms with Crippen molar-refractivity contribution in [1.29, 1.82) is 0 Å². The Morgan fingerprint density at radius 3 is 0.769 bits per heavy atom. The summed E-state index contributed by atoms with van der Waals surface area (Å²) in [5.74, 6) is 0. The van der Waals surface area contributed by atoms with E-state index in [4.69, 9.17) is 15.3 Å². The second-order valence-corrected chi connectivity index (χ2v) is 1.20. The minimum absolute atomic E-state index is 0.250. The van der Waals surface area contributed by atoms with Gasteiger partial charge in [0.2, 0.25) is 0 Å². The van der Waals surface area contributed by atoms with Crippen LogP contribution in [0.2, 0.25) is 0 Å². The summed E-state index contributed by atoms with van der Waals surface area (Å²) in [5, 5.41) is 22.7. The highest BCUT2D eigenvalue weighted by atomic mass is 19.4. The Morgan fingerprint density at radius 1 is 0.769 bits per heavy atom. The molecule has 0 rings (SSSR count). The molecule has 3 nitrogen and oxygen atoms in total. The summed E-state index contributed by atoms with van der Waals surface area (Å²) in [7, 11) is -3.67. The maximum atomic E-state index is 9.67. The lowest BCUT2D eigenvalue weighted by Gasteiger charge is -1.55. The summed E-state index contributed by atoms with van der Waals surface area (Å²) in [6, 6.07) is 0. The Morgan fingerprint density at radius 2 is 0.769 bits per heavy atom. The monoisotopic (exact) mass is 206 g/mol. The number of aliphatic hydroxyl groups is 3. The molecule has 0 amide bonds. The largest absolute Gasteiger partial charge is 0.762 e. The lowest BCUT2D eigenvalue weighted by molar-refractivity contribution is 0.318. The standard InChI is InChI=1S/3C2H6O.BF3/c3*1-2-3;2-1(3)4/h3*3H,2H2,1H3;. The quantitative estimate of drug-likeness (QED) is 0.515. The summed E-state index contributed by atoms with van der Waals surface area (Å²) < 4.78 is 29.0. The first-order valence-corrected chi connectivity index (χ1v) is 3.72. The molecule has 0 saturated carbocycles. The van der Waals surface area contributed by atoms with Crippen LogP contribution < -0.4 is 0 Å². The minimum Gasteiger partial charge on any atom is -0.397 e. The fourth-order valence-corrected chi connectivity index (χ4v) is 0. The van der Waals surface area contributed by atoms with Crippen molar-refractivity contribution in [2.75, 3.05) is 19.8 Å². The van der Waals surface area contributed by atoms with Gasteiger partial charge in [-0.1, -0.05) is 0 Å². The predicted molar refractivity (Wildman–Crippen MR) is 47.4 cm³/mol. The first-order chi connectivity index (χ1) is 5.97. The number of halogens is 3. The molecule has 0 aliphatic rings. The third-order valence-electron chi connectivity index (χ3n) is 0. The average molecular weight is 206 g/mol. The smallest absolute Gasteiger partial charge is 0.397 e. The van der Waals surface area contributed by atoms with E-state index >= 15 is 0 Å². The molecule has 0 fully saturated rings. The van der Waals surface area contributed by atoms with Crippen LogP contribution in [0.3, 0.4) is 0 Å². The Hall–Kier alpha value is -0.265. The van der Waals surface area contributed by atoms with Crippen LogP contribution in [0, 0.1) is 0 Å². The summed E-state index contributed by atoms with van der Waals surface area (Å²) in [5.41, 5.74) is 0. The van der Waals surface area contributed by atoms with Crippen molar-refractivity contribution in [3.63, 3.8) is 0 Å². The summed E-state index contributed by atoms with van der Waals surface area (Å²) in [6.07, 6.45) is 0. The zero-order valence-corrected chi connectivity index (χ0v) is 8.17. The molecule has 0 aliphatic carbocycles. The molecular weight excluding hydrogens is 188 g/mol. The van der Waals surface area contributed by atoms with E-state index in [0.717, 1.165) is 0 Å². The zero-order valence-electron chi connectivity index (χ0n) is 8.17. The highest BCUT2D eigenvalue weighted by molar-refractivity contribution is 6.33. The Balaban J connectivity index is -0.0000000420. The van der Waals surface area contributed by atoms with E-state index in [1.54, 1.807) is 20.8 Å². The van der Waals surface area contributed by atoms with Crippen molar-refractivity contribution in [1.82, 2.24) is 0 Å². The molecule has 84 valence electrons. The maximum Gasteiger partial charge on any atom is 0.762 e. The van der Waals surface area contributed by atoms with Crippen LogP contribution in [-0.4, -0.2) is 42.7 Å². The van der Waals surface area contributed by atoms with Crippen LogP contribution in [-0.2, 0) is 0 Å². The first-order valence-electron chi connectivity index (χ1n) is 3.72. The van der Waals surface area contributed by atoms with E-state index in [0.29, 0.717) is 0 Å². The molecule has 0 saturated heterocycles. The normalized spacial score (nSPS) is 6.23. The van der Waals surface area contributed by atoms with E-state index in [1.807, 2.05) is 0 Å². The highest BCUT2D eigenvalue weighted by Crippen LogP contribution is 1.80. The molecule has 0 spiro atoms. The molecule has 0 heterocycles. The van der Waals surface area contributed by atoms with Gasteiger partial charge in [-0.05, 0) is 20.8 Å². The van der Waals surface area contributed by atoms with E-state index in [1.165, 1.54) is 0 Å². The van der Waals surface area contributed by atoms with Gasteiger partial charge < -0.3 is 15.3 Å². The Kier molecular flexibility index (Phi) is 72.7. The van der Waals surface area contributed by atoms with E-state index < -0.39 is 7.54 Å². The Bertz CT molecular complexity index is 44.6. The molecule has 0 aliphatic heterocycles. The molecule has 0 bridgehead atoms. The Labute approximate surface area is 77.4 Å². The van der Waals surface area contributed by atoms with Gasteiger partial charge in [0.05, 0.1) is 0 Å². The molecule has 0 radical (unpaired) electrons. The van der Waals surface area contributed by atoms with Gasteiger partial charge in [-0.2, -0.15) is 0 Å². The van der Waals surface area contributed by atoms with Crippen LogP contribution in [0.15, 0.2) is 0 Å². The molecule has 0 aromatic heterocycles. The van der Waals surface area contributed by atoms with Crippen LogP contribution in [0.4, 0.5) is 12.9 Å². The van der Waals surface area contributed by atoms with Crippen molar-refractivity contribution in [2.45, 2.75) is 20.8 Å². The van der Waals surface area contributed by atoms with Crippen molar-refractivity contribution in [3.8, 4) is 0 Å². The molecule has 13 heavy (non-hydrogen) atoms. The van der Waals surface area contributed by atoms with Gasteiger partial charge in [-0.15, -0.1) is 0 Å². The van der Waals surface area contributed by atoms with Gasteiger partial charge in [-0.3, -0.25) is 12.9 Å². The van der Waals surface area contributed by atoms with E-state index in [-0.39, 0.29) is 19.8 Å². The van der Waals surface area contributed by atoms with Crippen molar-refractivity contribution in [2.24, 2.45) is 0 Å². The van der Waals surface area contributed by atoms with Crippen molar-refractivity contribution < 1.29 is 28.3 Å². The van der Waals surface area contributed by atoms with Crippen LogP contribution in [0.1, 0.15) is 20.8 Å². The van der Waals surface area contributed by atoms with Gasteiger partial charge in [0, 0.05) is 19.8 Å². The molecular formula is C6H18BF3O3. The third kappa shape index (κ3) is 15800. The highest BCUT2D eigenvalue weighted by Gasteiger charge is 2.06. The molecule has 0 aromatic rings. The fourth-order valence-electron chi connectivity index (χ4n) is 0. The predicted octanol–water partition coefficient (Wildman–Crippen LogP) is 0.876. The lowest BCUT2D eigenvalue weighted by atomic mass is 10.5. The zero-order chi connectivity index (χ0) is 11.7. The summed E-state index contributed by atoms with van der Waals surface area (Å²) in [6.45, 7) is 5.79. The van der Waals surface area contributed by atoms with Crippen LogP contribution in [0.5, 0.6) is 0 Å². The van der Waals surface area contributed by atoms with Gasteiger partial charge in [0.15, 0.2) is 0 Å². The number of rotatable bonds is 0. The number of hydrogen-bond acceptors (Lipinski definition) is 3. The third-order valence-corrected chi connectivity index (χ3v) is 0. The minimum atomic E-state index is -3.67. The van der Waals surface area contributed by atoms with Gasteiger partial charge >= 0.3 is 7.54 Å². The average Bonchev–Trinajstić information content (AvgIpc) is 1.88. The summed E-state index contributed by atoms with van der Waals surface area (Å²) in [4.78, 5) is 0. The molecule has 0 aromatic carbocycles. The van der Waals surface area contributed by atoms with Crippen molar-refractivity contribution >= 4 is 7.54 Å². The molecule has 3 N–H and O–H groups in total. The first kappa shape index (κ1) is 23.0. The molecule has 0 unspecified atom stereocenters. The van der Waals surface area contributed by atoms with Gasteiger partial charge in [-0.25, -0.2) is 0 Å². The fraction of sp³-hybridized carbons (Fsp3) is 1.00. The van der Waals surface area contributed by atoms with E-state index in [9.17, 15) is 12.9 Å². The SMILES string of the molecule is CCO.CCO.CCO.FB(F)F. The van der Waals surface area contributed by atoms with E-state index in [2.05, 4.69) is 0 Å². The van der Waals surface area contributed by atoms with Gasteiger partial charge in [0.25, 0.3) is 0 Å². The lowest BCUT2D eigenvalue weighted by Crippen LogP contribution is -1.76. The van der Waals surface area contributed by atoms with Crippen LogP contribution in [0.25, 0.3) is 0 Å². The second-order valence-electron chi connectivity index (χ2n) is 1.20. The molecule has 0 atom stereocenters. The molecule has 7 heteroatoms. The van der Waals surface area contributed by atoms with Crippen molar-refractivity contribution in [3.05, 3.63) is 0 Å². The second kappa shape index (κ2) is 41.1. The van der Waals surface area contributed by atoms with Crippen LogP contribution >= 0.6 is 0 Å². The number of aliphatic hydroxyl groups excluding tert-OH is 3.